The monoisotopic (exact) mass is 243 g/mol. The number of rotatable bonds is 3. The number of nitrogens with one attached hydrogen (secondary N) is 2. The van der Waals surface area contributed by atoms with Gasteiger partial charge in [-0.3, -0.25) is 4.98 Å². The molecule has 3 N–H and O–H groups in total. The van der Waals surface area contributed by atoms with Gasteiger partial charge in [-0.05, 0) is 6.92 Å². The molecular formula is C10H14FN3O3. The normalized spacial score (nSPS) is 28.3. The minimum atomic E-state index is -1.20. The Bertz CT molecular complexity index is 451. The number of aromatic amines is 1. The summed E-state index contributed by atoms with van der Waals surface area (Å²) in [5, 5.41) is 11.7. The number of aryl methyl sites for hydroxylation is 1. The van der Waals surface area contributed by atoms with E-state index in [0.29, 0.717) is 5.82 Å². The molecule has 6 nitrogen and oxygen atoms in total. The Morgan fingerprint density at radius 1 is 1.76 bits per heavy atom. The molecule has 1 aromatic heterocycles. The first kappa shape index (κ1) is 12.0. The third-order valence-electron chi connectivity index (χ3n) is 2.67. The zero-order chi connectivity index (χ0) is 12.4. The highest BCUT2D eigenvalue weighted by Crippen LogP contribution is 2.24. The lowest BCUT2D eigenvalue weighted by Crippen LogP contribution is -2.25. The molecule has 0 aromatic carbocycles. The first-order valence-corrected chi connectivity index (χ1v) is 5.33. The lowest BCUT2D eigenvalue weighted by molar-refractivity contribution is 0.00368. The number of aromatic nitrogens is 2. The second-order valence-electron chi connectivity index (χ2n) is 3.99. The van der Waals surface area contributed by atoms with Gasteiger partial charge < -0.3 is 15.2 Å². The maximum Gasteiger partial charge on any atom is 0.346 e. The molecule has 1 unspecified atom stereocenters. The highest BCUT2D eigenvalue weighted by molar-refractivity contribution is 5.41. The van der Waals surface area contributed by atoms with Crippen LogP contribution in [0, 0.1) is 6.92 Å². The molecule has 1 saturated heterocycles. The largest absolute Gasteiger partial charge is 0.394 e. The molecule has 1 aliphatic heterocycles. The molecule has 2 heterocycles. The SMILES string of the molecule is Cc1cnc(=O)[nH]c1NC1C[C@H](F)[C@@H](CO)O1. The maximum absolute atomic E-state index is 13.3. The fourth-order valence-electron chi connectivity index (χ4n) is 1.73. The number of aliphatic hydroxyl groups is 1. The van der Waals surface area contributed by atoms with Gasteiger partial charge in [-0.1, -0.05) is 0 Å². The summed E-state index contributed by atoms with van der Waals surface area (Å²) in [5.74, 6) is 0.459. The summed E-state index contributed by atoms with van der Waals surface area (Å²) in [5.41, 5.74) is 0.252. The molecule has 0 aliphatic carbocycles. The van der Waals surface area contributed by atoms with Gasteiger partial charge in [-0.2, -0.15) is 0 Å². The van der Waals surface area contributed by atoms with Crippen LogP contribution in [0.5, 0.6) is 0 Å². The molecule has 17 heavy (non-hydrogen) atoms. The van der Waals surface area contributed by atoms with Crippen LogP contribution in [-0.4, -0.2) is 40.2 Å². The minimum absolute atomic E-state index is 0.134. The van der Waals surface area contributed by atoms with Crippen LogP contribution in [0.15, 0.2) is 11.0 Å². The zero-order valence-corrected chi connectivity index (χ0v) is 9.31. The molecule has 2 rings (SSSR count). The average Bonchev–Trinajstić information content (AvgIpc) is 2.64. The number of alkyl halides is 1. The van der Waals surface area contributed by atoms with E-state index in [4.69, 9.17) is 9.84 Å². The Balaban J connectivity index is 2.07. The highest BCUT2D eigenvalue weighted by Gasteiger charge is 2.35. The highest BCUT2D eigenvalue weighted by atomic mass is 19.1. The predicted molar refractivity (Wildman–Crippen MR) is 58.5 cm³/mol. The van der Waals surface area contributed by atoms with E-state index in [0.717, 1.165) is 5.56 Å². The molecule has 1 fully saturated rings. The van der Waals surface area contributed by atoms with Crippen LogP contribution in [0.3, 0.4) is 0 Å². The van der Waals surface area contributed by atoms with Gasteiger partial charge in [-0.25, -0.2) is 14.2 Å². The molecule has 1 aromatic rings. The van der Waals surface area contributed by atoms with E-state index in [2.05, 4.69) is 15.3 Å². The van der Waals surface area contributed by atoms with Crippen molar-refractivity contribution in [2.24, 2.45) is 0 Å². The molecule has 7 heteroatoms. The van der Waals surface area contributed by atoms with E-state index in [9.17, 15) is 9.18 Å². The summed E-state index contributed by atoms with van der Waals surface area (Å²) in [6, 6.07) is 0. The molecule has 0 bridgehead atoms. The molecule has 0 saturated carbocycles. The Kier molecular flexibility index (Phi) is 3.39. The maximum atomic E-state index is 13.3. The molecule has 0 spiro atoms. The van der Waals surface area contributed by atoms with E-state index >= 15 is 0 Å². The lowest BCUT2D eigenvalue weighted by atomic mass is 10.2. The van der Waals surface area contributed by atoms with Crippen molar-refractivity contribution in [3.05, 3.63) is 22.2 Å². The summed E-state index contributed by atoms with van der Waals surface area (Å²) in [6.07, 6.45) is -1.01. The summed E-state index contributed by atoms with van der Waals surface area (Å²) in [4.78, 5) is 17.1. The van der Waals surface area contributed by atoms with Crippen molar-refractivity contribution in [3.8, 4) is 0 Å². The van der Waals surface area contributed by atoms with Crippen molar-refractivity contribution < 1.29 is 14.2 Å². The standard InChI is InChI=1S/C10H14FN3O3/c1-5-3-12-10(16)14-9(5)13-8-2-6(11)7(4-15)17-8/h3,6-8,15H,2,4H2,1H3,(H2,12,13,14,16)/t6-,7+,8?/m0/s1. The summed E-state index contributed by atoms with van der Waals surface area (Å²) >= 11 is 0. The van der Waals surface area contributed by atoms with Gasteiger partial charge in [-0.15, -0.1) is 0 Å². The Morgan fingerprint density at radius 2 is 2.53 bits per heavy atom. The smallest absolute Gasteiger partial charge is 0.346 e. The van der Waals surface area contributed by atoms with E-state index < -0.39 is 24.2 Å². The van der Waals surface area contributed by atoms with E-state index in [-0.39, 0.29) is 13.0 Å². The fourth-order valence-corrected chi connectivity index (χ4v) is 1.73. The van der Waals surface area contributed by atoms with Crippen LogP contribution in [-0.2, 0) is 4.74 Å². The number of H-pyrrole nitrogens is 1. The topological polar surface area (TPSA) is 87.2 Å². The third-order valence-corrected chi connectivity index (χ3v) is 2.67. The van der Waals surface area contributed by atoms with Gasteiger partial charge in [0.15, 0.2) is 0 Å². The number of aliphatic hydroxyl groups excluding tert-OH is 1. The van der Waals surface area contributed by atoms with Gasteiger partial charge >= 0.3 is 5.69 Å². The number of nitrogens with zero attached hydrogens (tertiary/aromatic N) is 1. The van der Waals surface area contributed by atoms with Gasteiger partial charge in [0.1, 0.15) is 24.3 Å². The van der Waals surface area contributed by atoms with Gasteiger partial charge in [0, 0.05) is 18.2 Å². The number of anilines is 1. The molecular weight excluding hydrogens is 229 g/mol. The van der Waals surface area contributed by atoms with Crippen LogP contribution >= 0.6 is 0 Å². The Morgan fingerprint density at radius 3 is 3.18 bits per heavy atom. The predicted octanol–water partition coefficient (Wildman–Crippen LogP) is -0.0644. The Hall–Kier alpha value is -1.47. The second-order valence-corrected chi connectivity index (χ2v) is 3.99. The summed E-state index contributed by atoms with van der Waals surface area (Å²) in [6.45, 7) is 1.40. The van der Waals surface area contributed by atoms with E-state index in [1.54, 1.807) is 6.92 Å². The van der Waals surface area contributed by atoms with Crippen molar-refractivity contribution in [3.63, 3.8) is 0 Å². The average molecular weight is 243 g/mol. The third kappa shape index (κ3) is 2.62. The van der Waals surface area contributed by atoms with Crippen LogP contribution in [0.4, 0.5) is 10.2 Å². The van der Waals surface area contributed by atoms with Crippen molar-refractivity contribution in [2.75, 3.05) is 11.9 Å². The fraction of sp³-hybridized carbons (Fsp3) is 0.600. The first-order valence-electron chi connectivity index (χ1n) is 5.33. The molecule has 3 atom stereocenters. The number of halogens is 1. The van der Waals surface area contributed by atoms with Crippen molar-refractivity contribution >= 4 is 5.82 Å². The zero-order valence-electron chi connectivity index (χ0n) is 9.31. The van der Waals surface area contributed by atoms with Crippen molar-refractivity contribution in [2.45, 2.75) is 31.8 Å². The van der Waals surface area contributed by atoms with Crippen molar-refractivity contribution in [1.82, 2.24) is 9.97 Å². The molecule has 1 aliphatic rings. The lowest BCUT2D eigenvalue weighted by Gasteiger charge is -2.15. The molecule has 94 valence electrons. The molecule has 0 radical (unpaired) electrons. The van der Waals surface area contributed by atoms with E-state index in [1.807, 2.05) is 0 Å². The number of hydrogen-bond donors (Lipinski definition) is 3. The minimum Gasteiger partial charge on any atom is -0.394 e. The van der Waals surface area contributed by atoms with Crippen LogP contribution in [0.25, 0.3) is 0 Å². The molecule has 0 amide bonds. The van der Waals surface area contributed by atoms with Gasteiger partial charge in [0.25, 0.3) is 0 Å². The van der Waals surface area contributed by atoms with E-state index in [1.165, 1.54) is 6.20 Å². The van der Waals surface area contributed by atoms with Crippen LogP contribution in [0.2, 0.25) is 0 Å². The van der Waals surface area contributed by atoms with Crippen LogP contribution in [0.1, 0.15) is 12.0 Å². The van der Waals surface area contributed by atoms with Crippen molar-refractivity contribution in [1.29, 1.82) is 0 Å². The quantitative estimate of drug-likeness (QED) is 0.692. The summed E-state index contributed by atoms with van der Waals surface area (Å²) in [7, 11) is 0. The van der Waals surface area contributed by atoms with Gasteiger partial charge in [0.05, 0.1) is 6.61 Å². The second kappa shape index (κ2) is 4.80. The summed E-state index contributed by atoms with van der Waals surface area (Å²) < 4.78 is 18.6. The Labute approximate surface area is 96.8 Å². The van der Waals surface area contributed by atoms with Gasteiger partial charge in [0.2, 0.25) is 0 Å². The van der Waals surface area contributed by atoms with Crippen LogP contribution < -0.4 is 11.0 Å². The first-order chi connectivity index (χ1) is 8.10. The number of hydrogen-bond acceptors (Lipinski definition) is 5. The number of ether oxygens (including phenoxy) is 1.